The van der Waals surface area contributed by atoms with Crippen molar-refractivity contribution < 1.29 is 9.59 Å². The Morgan fingerprint density at radius 1 is 1.14 bits per heavy atom. The second kappa shape index (κ2) is 8.36. The molecule has 1 aromatic rings. The lowest BCUT2D eigenvalue weighted by Crippen LogP contribution is -2.38. The van der Waals surface area contributed by atoms with Gasteiger partial charge in [0.1, 0.15) is 4.99 Å². The maximum Gasteiger partial charge on any atom is 0.239 e. The summed E-state index contributed by atoms with van der Waals surface area (Å²) in [6.07, 6.45) is 0.217. The molecule has 0 aromatic heterocycles. The van der Waals surface area contributed by atoms with Crippen LogP contribution in [0.2, 0.25) is 0 Å². The number of nitrogens with two attached hydrogens (primary N) is 1. The van der Waals surface area contributed by atoms with Crippen LogP contribution in [-0.2, 0) is 16.0 Å². The summed E-state index contributed by atoms with van der Waals surface area (Å²) in [5.74, 6) is 0.00967. The van der Waals surface area contributed by atoms with Gasteiger partial charge in [-0.25, -0.2) is 0 Å². The Labute approximate surface area is 130 Å². The smallest absolute Gasteiger partial charge is 0.239 e. The maximum absolute atomic E-state index is 11.7. The molecule has 0 fully saturated rings. The van der Waals surface area contributed by atoms with Gasteiger partial charge in [0, 0.05) is 12.1 Å². The summed E-state index contributed by atoms with van der Waals surface area (Å²) < 4.78 is 0. The van der Waals surface area contributed by atoms with E-state index in [2.05, 4.69) is 10.6 Å². The van der Waals surface area contributed by atoms with Gasteiger partial charge in [0.25, 0.3) is 0 Å². The van der Waals surface area contributed by atoms with E-state index in [9.17, 15) is 9.59 Å². The summed E-state index contributed by atoms with van der Waals surface area (Å²) in [7, 11) is 0. The quantitative estimate of drug-likeness (QED) is 0.649. The summed E-state index contributed by atoms with van der Waals surface area (Å²) in [5.41, 5.74) is 7.11. The van der Waals surface area contributed by atoms with E-state index in [1.54, 1.807) is 24.3 Å². The van der Waals surface area contributed by atoms with Gasteiger partial charge >= 0.3 is 0 Å². The van der Waals surface area contributed by atoms with E-state index in [-0.39, 0.29) is 24.8 Å². The van der Waals surface area contributed by atoms with Crippen LogP contribution in [-0.4, -0.2) is 29.9 Å². The lowest BCUT2D eigenvalue weighted by atomic mass is 10.1. The van der Waals surface area contributed by atoms with Gasteiger partial charge in [-0.3, -0.25) is 9.59 Å². The molecule has 0 radical (unpaired) electrons. The highest BCUT2D eigenvalue weighted by Crippen LogP contribution is 2.05. The van der Waals surface area contributed by atoms with Crippen molar-refractivity contribution in [1.29, 1.82) is 0 Å². The molecule has 0 bridgehead atoms. The third-order valence-electron chi connectivity index (χ3n) is 2.76. The fraction of sp³-hybridized carbons (Fsp3) is 0.400. The van der Waals surface area contributed by atoms with Crippen molar-refractivity contribution in [1.82, 2.24) is 10.6 Å². The number of benzene rings is 1. The Bertz CT molecular complexity index is 512. The van der Waals surface area contributed by atoms with Crippen molar-refractivity contribution in [3.63, 3.8) is 0 Å². The minimum absolute atomic E-state index is 0.00345. The SMILES string of the molecule is CC(C)CNC(=O)CNC(=O)Cc1ccc(C(N)=S)cc1. The van der Waals surface area contributed by atoms with Gasteiger partial charge in [-0.1, -0.05) is 50.3 Å². The third-order valence-corrected chi connectivity index (χ3v) is 2.99. The van der Waals surface area contributed by atoms with Crippen LogP contribution in [0.25, 0.3) is 0 Å². The summed E-state index contributed by atoms with van der Waals surface area (Å²) in [5, 5.41) is 5.33. The standard InChI is InChI=1S/C15H21N3O2S/c1-10(2)8-17-14(20)9-18-13(19)7-11-3-5-12(6-4-11)15(16)21/h3-6,10H,7-9H2,1-2H3,(H2,16,21)(H,17,20)(H,18,19). The van der Waals surface area contributed by atoms with Gasteiger partial charge in [0.2, 0.25) is 11.8 Å². The van der Waals surface area contributed by atoms with E-state index in [0.29, 0.717) is 17.5 Å². The number of nitrogens with one attached hydrogen (secondary N) is 2. The Kier molecular flexibility index (Phi) is 6.81. The number of thiocarbonyl (C=S) groups is 1. The molecular weight excluding hydrogens is 286 g/mol. The van der Waals surface area contributed by atoms with Crippen LogP contribution in [0, 0.1) is 5.92 Å². The Hall–Kier alpha value is -1.95. The minimum atomic E-state index is -0.197. The molecule has 0 atom stereocenters. The molecule has 0 spiro atoms. The number of hydrogen-bond donors (Lipinski definition) is 3. The zero-order chi connectivity index (χ0) is 15.8. The van der Waals surface area contributed by atoms with E-state index >= 15 is 0 Å². The van der Waals surface area contributed by atoms with Crippen molar-refractivity contribution in [2.24, 2.45) is 11.7 Å². The first kappa shape index (κ1) is 17.1. The predicted molar refractivity (Wildman–Crippen MR) is 86.9 cm³/mol. The number of carbonyl (C=O) groups is 2. The van der Waals surface area contributed by atoms with E-state index in [1.165, 1.54) is 0 Å². The molecule has 1 rings (SSSR count). The van der Waals surface area contributed by atoms with Crippen molar-refractivity contribution in [2.45, 2.75) is 20.3 Å². The molecular formula is C15H21N3O2S. The highest BCUT2D eigenvalue weighted by molar-refractivity contribution is 7.80. The Morgan fingerprint density at radius 2 is 1.76 bits per heavy atom. The molecule has 114 valence electrons. The lowest BCUT2D eigenvalue weighted by Gasteiger charge is -2.09. The Balaban J connectivity index is 2.36. The normalized spacial score (nSPS) is 10.2. The van der Waals surface area contributed by atoms with Crippen molar-refractivity contribution >= 4 is 29.0 Å². The first-order valence-electron chi connectivity index (χ1n) is 6.80. The van der Waals surface area contributed by atoms with E-state index < -0.39 is 0 Å². The molecule has 6 heteroatoms. The van der Waals surface area contributed by atoms with Gasteiger partial charge in [0.15, 0.2) is 0 Å². The van der Waals surface area contributed by atoms with E-state index in [1.807, 2.05) is 13.8 Å². The van der Waals surface area contributed by atoms with Crippen LogP contribution in [0.1, 0.15) is 25.0 Å². The average molecular weight is 307 g/mol. The molecule has 0 aliphatic rings. The van der Waals surface area contributed by atoms with Crippen LogP contribution >= 0.6 is 12.2 Å². The summed E-state index contributed by atoms with van der Waals surface area (Å²) >= 11 is 4.86. The fourth-order valence-electron chi connectivity index (χ4n) is 1.59. The molecule has 1 aromatic carbocycles. The molecule has 0 saturated heterocycles. The second-order valence-corrected chi connectivity index (χ2v) is 5.65. The molecule has 4 N–H and O–H groups in total. The van der Waals surface area contributed by atoms with Gasteiger partial charge in [-0.05, 0) is 11.5 Å². The number of rotatable bonds is 7. The first-order chi connectivity index (χ1) is 9.88. The summed E-state index contributed by atoms with van der Waals surface area (Å²) in [6.45, 7) is 4.62. The zero-order valence-corrected chi connectivity index (χ0v) is 13.1. The van der Waals surface area contributed by atoms with Crippen LogP contribution in [0.4, 0.5) is 0 Å². The van der Waals surface area contributed by atoms with Crippen LogP contribution in [0.15, 0.2) is 24.3 Å². The van der Waals surface area contributed by atoms with Gasteiger partial charge in [0.05, 0.1) is 13.0 Å². The molecule has 0 heterocycles. The van der Waals surface area contributed by atoms with Crippen LogP contribution < -0.4 is 16.4 Å². The molecule has 21 heavy (non-hydrogen) atoms. The number of carbonyl (C=O) groups excluding carboxylic acids is 2. The second-order valence-electron chi connectivity index (χ2n) is 5.21. The van der Waals surface area contributed by atoms with Gasteiger partial charge in [-0.2, -0.15) is 0 Å². The number of amides is 2. The average Bonchev–Trinajstić information content (AvgIpc) is 2.43. The van der Waals surface area contributed by atoms with E-state index in [0.717, 1.165) is 11.1 Å². The fourth-order valence-corrected chi connectivity index (χ4v) is 1.73. The first-order valence-corrected chi connectivity index (χ1v) is 7.21. The minimum Gasteiger partial charge on any atom is -0.389 e. The van der Waals surface area contributed by atoms with Crippen molar-refractivity contribution in [2.75, 3.05) is 13.1 Å². The largest absolute Gasteiger partial charge is 0.389 e. The molecule has 0 aliphatic carbocycles. The lowest BCUT2D eigenvalue weighted by molar-refractivity contribution is -0.125. The van der Waals surface area contributed by atoms with Gasteiger partial charge in [-0.15, -0.1) is 0 Å². The topological polar surface area (TPSA) is 84.2 Å². The molecule has 2 amide bonds. The van der Waals surface area contributed by atoms with Crippen molar-refractivity contribution in [3.8, 4) is 0 Å². The summed E-state index contributed by atoms with van der Waals surface area (Å²) in [6, 6.07) is 7.15. The maximum atomic E-state index is 11.7. The molecule has 0 unspecified atom stereocenters. The highest BCUT2D eigenvalue weighted by atomic mass is 32.1. The summed E-state index contributed by atoms with van der Waals surface area (Å²) in [4.78, 5) is 23.5. The molecule has 0 saturated carbocycles. The zero-order valence-electron chi connectivity index (χ0n) is 12.3. The molecule has 5 nitrogen and oxygen atoms in total. The van der Waals surface area contributed by atoms with Gasteiger partial charge < -0.3 is 16.4 Å². The van der Waals surface area contributed by atoms with Crippen molar-refractivity contribution in [3.05, 3.63) is 35.4 Å². The Morgan fingerprint density at radius 3 is 2.29 bits per heavy atom. The van der Waals surface area contributed by atoms with Crippen LogP contribution in [0.3, 0.4) is 0 Å². The molecule has 0 aliphatic heterocycles. The number of hydrogen-bond acceptors (Lipinski definition) is 3. The highest BCUT2D eigenvalue weighted by Gasteiger charge is 2.07. The third kappa shape index (κ3) is 6.85. The van der Waals surface area contributed by atoms with Crippen LogP contribution in [0.5, 0.6) is 0 Å². The monoisotopic (exact) mass is 307 g/mol. The predicted octanol–water partition coefficient (Wildman–Crippen LogP) is 0.752. The van der Waals surface area contributed by atoms with E-state index in [4.69, 9.17) is 18.0 Å².